The first-order valence-electron chi connectivity index (χ1n) is 5.34. The van der Waals surface area contributed by atoms with Crippen LogP contribution in [-0.2, 0) is 0 Å². The average molecular weight is 221 g/mol. The van der Waals surface area contributed by atoms with Crippen molar-refractivity contribution in [3.63, 3.8) is 0 Å². The summed E-state index contributed by atoms with van der Waals surface area (Å²) in [4.78, 5) is 11.7. The summed E-state index contributed by atoms with van der Waals surface area (Å²) >= 11 is 0. The molecule has 0 fully saturated rings. The molecule has 3 heteroatoms. The summed E-state index contributed by atoms with van der Waals surface area (Å²) in [7, 11) is 1.61. The fourth-order valence-corrected chi connectivity index (χ4v) is 1.19. The zero-order valence-corrected chi connectivity index (χ0v) is 10.3. The van der Waals surface area contributed by atoms with Crippen LogP contribution >= 0.6 is 0 Å². The molecule has 1 rings (SSSR count). The number of methoxy groups -OCH3 is 1. The van der Waals surface area contributed by atoms with Gasteiger partial charge in [-0.05, 0) is 29.7 Å². The Morgan fingerprint density at radius 2 is 1.81 bits per heavy atom. The number of benzene rings is 1. The van der Waals surface area contributed by atoms with Crippen LogP contribution in [-0.4, -0.2) is 19.6 Å². The molecule has 88 valence electrons. The fraction of sp³-hybridized carbons (Fsp3) is 0.462. The van der Waals surface area contributed by atoms with Crippen molar-refractivity contribution >= 4 is 5.91 Å². The van der Waals surface area contributed by atoms with Crippen molar-refractivity contribution in [2.75, 3.05) is 13.7 Å². The second-order valence-corrected chi connectivity index (χ2v) is 4.97. The monoisotopic (exact) mass is 221 g/mol. The Hall–Kier alpha value is -1.51. The minimum Gasteiger partial charge on any atom is -0.497 e. The second kappa shape index (κ2) is 5.01. The van der Waals surface area contributed by atoms with Crippen LogP contribution in [0.2, 0.25) is 0 Å². The van der Waals surface area contributed by atoms with E-state index in [2.05, 4.69) is 26.1 Å². The summed E-state index contributed by atoms with van der Waals surface area (Å²) in [5, 5.41) is 2.90. The number of hydrogen-bond acceptors (Lipinski definition) is 2. The third-order valence-electron chi connectivity index (χ3n) is 2.13. The van der Waals surface area contributed by atoms with E-state index in [1.54, 1.807) is 31.4 Å². The fourth-order valence-electron chi connectivity index (χ4n) is 1.19. The standard InChI is InChI=1S/C13H19NO2/c1-13(2,3)9-14-12(15)10-5-7-11(16-4)8-6-10/h5-8H,9H2,1-4H3,(H,14,15). The van der Waals surface area contributed by atoms with E-state index in [0.717, 1.165) is 5.75 Å². The summed E-state index contributed by atoms with van der Waals surface area (Å²) in [6.07, 6.45) is 0. The topological polar surface area (TPSA) is 38.3 Å². The summed E-state index contributed by atoms with van der Waals surface area (Å²) < 4.78 is 5.03. The second-order valence-electron chi connectivity index (χ2n) is 4.97. The SMILES string of the molecule is COc1ccc(C(=O)NCC(C)(C)C)cc1. The zero-order valence-electron chi connectivity index (χ0n) is 10.3. The Bertz CT molecular complexity index is 349. The van der Waals surface area contributed by atoms with Crippen LogP contribution in [0.5, 0.6) is 5.75 Å². The van der Waals surface area contributed by atoms with Gasteiger partial charge in [-0.25, -0.2) is 0 Å². The lowest BCUT2D eigenvalue weighted by Gasteiger charge is -2.18. The van der Waals surface area contributed by atoms with Crippen LogP contribution in [0.4, 0.5) is 0 Å². The van der Waals surface area contributed by atoms with Gasteiger partial charge in [-0.1, -0.05) is 20.8 Å². The van der Waals surface area contributed by atoms with Gasteiger partial charge >= 0.3 is 0 Å². The third kappa shape index (κ3) is 3.93. The molecule has 0 bridgehead atoms. The van der Waals surface area contributed by atoms with Gasteiger partial charge in [0.15, 0.2) is 0 Å². The van der Waals surface area contributed by atoms with Crippen molar-refractivity contribution in [3.8, 4) is 5.75 Å². The van der Waals surface area contributed by atoms with Crippen molar-refractivity contribution in [2.24, 2.45) is 5.41 Å². The van der Waals surface area contributed by atoms with Crippen LogP contribution in [0.15, 0.2) is 24.3 Å². The number of carbonyl (C=O) groups is 1. The average Bonchev–Trinajstić information content (AvgIpc) is 2.25. The Balaban J connectivity index is 2.59. The zero-order chi connectivity index (χ0) is 12.2. The highest BCUT2D eigenvalue weighted by atomic mass is 16.5. The molecule has 3 nitrogen and oxygen atoms in total. The quantitative estimate of drug-likeness (QED) is 0.851. The normalized spacial score (nSPS) is 11.0. The molecule has 0 spiro atoms. The van der Waals surface area contributed by atoms with Crippen LogP contribution in [0.25, 0.3) is 0 Å². The van der Waals surface area contributed by atoms with Crippen LogP contribution in [0, 0.1) is 5.41 Å². The van der Waals surface area contributed by atoms with E-state index in [1.807, 2.05) is 0 Å². The predicted molar refractivity (Wildman–Crippen MR) is 64.8 cm³/mol. The van der Waals surface area contributed by atoms with E-state index >= 15 is 0 Å². The largest absolute Gasteiger partial charge is 0.497 e. The Morgan fingerprint density at radius 3 is 2.25 bits per heavy atom. The molecule has 0 saturated carbocycles. The molecule has 1 N–H and O–H groups in total. The highest BCUT2D eigenvalue weighted by molar-refractivity contribution is 5.94. The predicted octanol–water partition coefficient (Wildman–Crippen LogP) is 2.47. The van der Waals surface area contributed by atoms with Crippen LogP contribution in [0.1, 0.15) is 31.1 Å². The van der Waals surface area contributed by atoms with Gasteiger partial charge in [0.1, 0.15) is 5.75 Å². The first-order valence-corrected chi connectivity index (χ1v) is 5.34. The van der Waals surface area contributed by atoms with Gasteiger partial charge < -0.3 is 10.1 Å². The Morgan fingerprint density at radius 1 is 1.25 bits per heavy atom. The van der Waals surface area contributed by atoms with Crippen LogP contribution in [0.3, 0.4) is 0 Å². The van der Waals surface area contributed by atoms with Gasteiger partial charge in [0.25, 0.3) is 5.91 Å². The molecule has 0 atom stereocenters. The van der Waals surface area contributed by atoms with Gasteiger partial charge in [-0.2, -0.15) is 0 Å². The van der Waals surface area contributed by atoms with E-state index in [4.69, 9.17) is 4.74 Å². The van der Waals surface area contributed by atoms with Gasteiger partial charge in [0.05, 0.1) is 7.11 Å². The summed E-state index contributed by atoms with van der Waals surface area (Å²) in [5.41, 5.74) is 0.757. The molecular formula is C13H19NO2. The van der Waals surface area contributed by atoms with E-state index < -0.39 is 0 Å². The molecule has 0 radical (unpaired) electrons. The maximum absolute atomic E-state index is 11.7. The minimum absolute atomic E-state index is 0.0439. The molecule has 0 unspecified atom stereocenters. The molecule has 1 aromatic rings. The van der Waals surface area contributed by atoms with Gasteiger partial charge in [-0.3, -0.25) is 4.79 Å². The van der Waals surface area contributed by atoms with E-state index in [1.165, 1.54) is 0 Å². The van der Waals surface area contributed by atoms with Gasteiger partial charge in [-0.15, -0.1) is 0 Å². The highest BCUT2D eigenvalue weighted by Gasteiger charge is 2.12. The van der Waals surface area contributed by atoms with E-state index in [9.17, 15) is 4.79 Å². The summed E-state index contributed by atoms with van der Waals surface area (Å²) in [5.74, 6) is 0.713. The van der Waals surface area contributed by atoms with Crippen molar-refractivity contribution in [2.45, 2.75) is 20.8 Å². The first-order chi connectivity index (χ1) is 7.42. The lowest BCUT2D eigenvalue weighted by molar-refractivity contribution is 0.0939. The molecule has 0 saturated heterocycles. The Kier molecular flexibility index (Phi) is 3.93. The first kappa shape index (κ1) is 12.6. The highest BCUT2D eigenvalue weighted by Crippen LogP contribution is 2.13. The smallest absolute Gasteiger partial charge is 0.251 e. The van der Waals surface area contributed by atoms with Crippen molar-refractivity contribution < 1.29 is 9.53 Å². The van der Waals surface area contributed by atoms with Gasteiger partial charge in [0.2, 0.25) is 0 Å². The van der Waals surface area contributed by atoms with Crippen molar-refractivity contribution in [1.29, 1.82) is 0 Å². The molecule has 1 aromatic carbocycles. The number of ether oxygens (including phenoxy) is 1. The molecule has 16 heavy (non-hydrogen) atoms. The van der Waals surface area contributed by atoms with Crippen molar-refractivity contribution in [3.05, 3.63) is 29.8 Å². The molecule has 0 heterocycles. The third-order valence-corrected chi connectivity index (χ3v) is 2.13. The molecule has 0 aromatic heterocycles. The molecule has 0 aliphatic rings. The number of hydrogen-bond donors (Lipinski definition) is 1. The van der Waals surface area contributed by atoms with E-state index in [0.29, 0.717) is 12.1 Å². The number of amides is 1. The number of carbonyl (C=O) groups excluding carboxylic acids is 1. The lowest BCUT2D eigenvalue weighted by atomic mass is 9.97. The number of nitrogens with one attached hydrogen (secondary N) is 1. The van der Waals surface area contributed by atoms with Gasteiger partial charge in [0, 0.05) is 12.1 Å². The number of rotatable bonds is 3. The maximum atomic E-state index is 11.7. The van der Waals surface area contributed by atoms with Crippen molar-refractivity contribution in [1.82, 2.24) is 5.32 Å². The minimum atomic E-state index is -0.0439. The molecule has 0 aliphatic carbocycles. The van der Waals surface area contributed by atoms with E-state index in [-0.39, 0.29) is 11.3 Å². The molecular weight excluding hydrogens is 202 g/mol. The maximum Gasteiger partial charge on any atom is 0.251 e. The molecule has 1 amide bonds. The summed E-state index contributed by atoms with van der Waals surface area (Å²) in [6.45, 7) is 6.92. The summed E-state index contributed by atoms with van der Waals surface area (Å²) in [6, 6.07) is 7.09. The molecule has 0 aliphatic heterocycles. The Labute approximate surface area is 96.8 Å². The lowest BCUT2D eigenvalue weighted by Crippen LogP contribution is -2.32. The van der Waals surface area contributed by atoms with Crippen LogP contribution < -0.4 is 10.1 Å².